The zero-order chi connectivity index (χ0) is 23.9. The van der Waals surface area contributed by atoms with Gasteiger partial charge in [0.15, 0.2) is 0 Å². The van der Waals surface area contributed by atoms with Gasteiger partial charge in [0.2, 0.25) is 0 Å². The maximum Gasteiger partial charge on any atom is 0.303 e. The monoisotopic (exact) mass is 456 g/mol. The molecular weight excluding hydrogens is 428 g/mol. The van der Waals surface area contributed by atoms with Crippen molar-refractivity contribution in [2.45, 2.75) is 33.1 Å². The van der Waals surface area contributed by atoms with Crippen molar-refractivity contribution in [2.75, 3.05) is 6.61 Å². The molecule has 0 saturated heterocycles. The van der Waals surface area contributed by atoms with Gasteiger partial charge in [0.1, 0.15) is 18.1 Å². The number of nitrogens with one attached hydrogen (secondary N) is 1. The minimum Gasteiger partial charge on any atom is -0.489 e. The van der Waals surface area contributed by atoms with Gasteiger partial charge < -0.3 is 14.3 Å². The molecule has 174 valence electrons. The van der Waals surface area contributed by atoms with Crippen molar-refractivity contribution in [1.29, 1.82) is 0 Å². The fraction of sp³-hybridized carbons (Fsp3) is 0.214. The predicted molar refractivity (Wildman–Crippen MR) is 132 cm³/mol. The summed E-state index contributed by atoms with van der Waals surface area (Å²) >= 11 is 0. The molecule has 6 nitrogen and oxygen atoms in total. The van der Waals surface area contributed by atoms with Crippen molar-refractivity contribution in [2.24, 2.45) is 0 Å². The Morgan fingerprint density at radius 3 is 2.56 bits per heavy atom. The first-order valence-corrected chi connectivity index (χ1v) is 11.3. The van der Waals surface area contributed by atoms with Crippen molar-refractivity contribution in [3.05, 3.63) is 95.4 Å². The minimum atomic E-state index is -0.791. The molecule has 0 radical (unpaired) electrons. The number of carboxylic acids is 1. The molecule has 4 rings (SSSR count). The summed E-state index contributed by atoms with van der Waals surface area (Å²) in [7, 11) is 0. The standard InChI is InChI=1S/C28H28N2O4/c1-19(9-14-27(31)32)15-17-34-26-7-4-3-6-23(26)18-24-20(2)29-30-28(24)22-12-10-21(11-13-22)25-8-5-16-33-25/h3-8,10-13,15-16H,9,14,17-18H2,1-2H3,(H,29,30)(H,31,32)/b19-15+. The van der Waals surface area contributed by atoms with E-state index in [0.717, 1.165) is 50.7 Å². The average molecular weight is 457 g/mol. The number of benzene rings is 2. The number of H-pyrrole nitrogens is 1. The lowest BCUT2D eigenvalue weighted by molar-refractivity contribution is -0.136. The number of hydrogen-bond donors (Lipinski definition) is 2. The number of aromatic nitrogens is 2. The molecule has 2 aromatic heterocycles. The van der Waals surface area contributed by atoms with Gasteiger partial charge >= 0.3 is 5.97 Å². The molecule has 0 amide bonds. The van der Waals surface area contributed by atoms with Gasteiger partial charge in [-0.3, -0.25) is 9.89 Å². The second-order valence-electron chi connectivity index (χ2n) is 8.27. The summed E-state index contributed by atoms with van der Waals surface area (Å²) in [5.74, 6) is 0.855. The Hall–Kier alpha value is -4.06. The van der Waals surface area contributed by atoms with Crippen molar-refractivity contribution in [1.82, 2.24) is 10.2 Å². The van der Waals surface area contributed by atoms with Crippen LogP contribution in [0.1, 0.15) is 36.6 Å². The van der Waals surface area contributed by atoms with E-state index >= 15 is 0 Å². The fourth-order valence-electron chi connectivity index (χ4n) is 3.80. The number of hydrogen-bond acceptors (Lipinski definition) is 4. The van der Waals surface area contributed by atoms with Crippen LogP contribution in [0.5, 0.6) is 5.75 Å². The summed E-state index contributed by atoms with van der Waals surface area (Å²) in [5, 5.41) is 16.5. The van der Waals surface area contributed by atoms with Gasteiger partial charge in [-0.25, -0.2) is 0 Å². The second kappa shape index (κ2) is 10.7. The van der Waals surface area contributed by atoms with E-state index in [1.807, 2.05) is 62.4 Å². The number of allylic oxidation sites excluding steroid dienone is 1. The van der Waals surface area contributed by atoms with Gasteiger partial charge in [-0.1, -0.05) is 48.0 Å². The molecule has 4 aromatic rings. The summed E-state index contributed by atoms with van der Waals surface area (Å²) in [6.45, 7) is 4.35. The van der Waals surface area contributed by atoms with E-state index in [-0.39, 0.29) is 6.42 Å². The average Bonchev–Trinajstić information content (AvgIpc) is 3.50. The van der Waals surface area contributed by atoms with E-state index in [2.05, 4.69) is 28.4 Å². The van der Waals surface area contributed by atoms with E-state index in [1.165, 1.54) is 0 Å². The molecule has 2 aromatic carbocycles. The van der Waals surface area contributed by atoms with E-state index in [0.29, 0.717) is 19.4 Å². The number of aliphatic carboxylic acids is 1. The highest BCUT2D eigenvalue weighted by atomic mass is 16.5. The first-order chi connectivity index (χ1) is 16.5. The van der Waals surface area contributed by atoms with Crippen LogP contribution in [0.2, 0.25) is 0 Å². The number of aryl methyl sites for hydroxylation is 1. The SMILES string of the molecule is C/C(=C\COc1ccccc1Cc1c(-c2ccc(-c3ccco3)cc2)n[nH]c1C)CCC(=O)O. The van der Waals surface area contributed by atoms with E-state index in [9.17, 15) is 4.79 Å². The zero-order valence-corrected chi connectivity index (χ0v) is 19.4. The van der Waals surface area contributed by atoms with Crippen LogP contribution in [0.15, 0.2) is 83.0 Å². The fourth-order valence-corrected chi connectivity index (χ4v) is 3.80. The molecule has 0 bridgehead atoms. The molecule has 6 heteroatoms. The first kappa shape index (κ1) is 23.1. The largest absolute Gasteiger partial charge is 0.489 e. The summed E-state index contributed by atoms with van der Waals surface area (Å²) < 4.78 is 11.5. The number of para-hydroxylation sites is 1. The molecule has 0 fully saturated rings. The highest BCUT2D eigenvalue weighted by molar-refractivity contribution is 5.69. The molecule has 0 aliphatic rings. The molecule has 0 atom stereocenters. The Morgan fingerprint density at radius 2 is 1.82 bits per heavy atom. The molecule has 34 heavy (non-hydrogen) atoms. The number of ether oxygens (including phenoxy) is 1. The molecule has 0 aliphatic carbocycles. The number of carboxylic acid groups (broad SMARTS) is 1. The normalized spacial score (nSPS) is 11.5. The maximum atomic E-state index is 10.8. The zero-order valence-electron chi connectivity index (χ0n) is 19.4. The minimum absolute atomic E-state index is 0.129. The summed E-state index contributed by atoms with van der Waals surface area (Å²) in [6, 6.07) is 20.0. The molecule has 0 saturated carbocycles. The molecule has 0 unspecified atom stereocenters. The molecule has 2 heterocycles. The lowest BCUT2D eigenvalue weighted by Crippen LogP contribution is -2.01. The quantitative estimate of drug-likeness (QED) is 0.269. The summed E-state index contributed by atoms with van der Waals surface area (Å²) in [5.41, 5.74) is 7.18. The van der Waals surface area contributed by atoms with Gasteiger partial charge in [-0.15, -0.1) is 0 Å². The number of carbonyl (C=O) groups is 1. The number of nitrogens with zero attached hydrogens (tertiary/aromatic N) is 1. The Bertz CT molecular complexity index is 1270. The van der Waals surface area contributed by atoms with Crippen LogP contribution in [-0.2, 0) is 11.2 Å². The van der Waals surface area contributed by atoms with Gasteiger partial charge in [-0.05, 0) is 50.1 Å². The van der Waals surface area contributed by atoms with Crippen LogP contribution < -0.4 is 4.74 Å². The number of aromatic amines is 1. The van der Waals surface area contributed by atoms with Crippen molar-refractivity contribution in [3.8, 4) is 28.3 Å². The van der Waals surface area contributed by atoms with Crippen LogP contribution >= 0.6 is 0 Å². The van der Waals surface area contributed by atoms with Gasteiger partial charge in [0.05, 0.1) is 12.0 Å². The molecule has 0 aliphatic heterocycles. The Kier molecular flexibility index (Phi) is 7.28. The molecular formula is C28H28N2O4. The van der Waals surface area contributed by atoms with Crippen LogP contribution in [-0.4, -0.2) is 27.9 Å². The topological polar surface area (TPSA) is 88.4 Å². The molecule has 2 N–H and O–H groups in total. The summed E-state index contributed by atoms with van der Waals surface area (Å²) in [4.78, 5) is 10.8. The summed E-state index contributed by atoms with van der Waals surface area (Å²) in [6.07, 6.45) is 4.94. The van der Waals surface area contributed by atoms with Gasteiger partial charge in [-0.2, -0.15) is 5.10 Å². The smallest absolute Gasteiger partial charge is 0.303 e. The van der Waals surface area contributed by atoms with Crippen molar-refractivity contribution < 1.29 is 19.1 Å². The van der Waals surface area contributed by atoms with E-state index in [1.54, 1.807) is 6.26 Å². The van der Waals surface area contributed by atoms with Crippen LogP contribution in [0.25, 0.3) is 22.6 Å². The van der Waals surface area contributed by atoms with Crippen LogP contribution in [0.4, 0.5) is 0 Å². The maximum absolute atomic E-state index is 10.8. The Balaban J connectivity index is 1.50. The van der Waals surface area contributed by atoms with Crippen molar-refractivity contribution in [3.63, 3.8) is 0 Å². The number of furan rings is 1. The Morgan fingerprint density at radius 1 is 1.06 bits per heavy atom. The molecule has 0 spiro atoms. The van der Waals surface area contributed by atoms with Crippen molar-refractivity contribution >= 4 is 5.97 Å². The lowest BCUT2D eigenvalue weighted by Gasteiger charge is -2.12. The third kappa shape index (κ3) is 5.64. The third-order valence-corrected chi connectivity index (χ3v) is 5.78. The van der Waals surface area contributed by atoms with Crippen LogP contribution in [0, 0.1) is 6.92 Å². The second-order valence-corrected chi connectivity index (χ2v) is 8.27. The number of rotatable bonds is 10. The van der Waals surface area contributed by atoms with E-state index in [4.69, 9.17) is 14.3 Å². The first-order valence-electron chi connectivity index (χ1n) is 11.3. The van der Waals surface area contributed by atoms with Gasteiger partial charge in [0, 0.05) is 35.2 Å². The highest BCUT2D eigenvalue weighted by Gasteiger charge is 2.15. The predicted octanol–water partition coefficient (Wildman–Crippen LogP) is 6.43. The Labute approximate surface area is 198 Å². The van der Waals surface area contributed by atoms with Crippen LogP contribution in [0.3, 0.4) is 0 Å². The van der Waals surface area contributed by atoms with E-state index < -0.39 is 5.97 Å². The third-order valence-electron chi connectivity index (χ3n) is 5.78. The highest BCUT2D eigenvalue weighted by Crippen LogP contribution is 2.31. The van der Waals surface area contributed by atoms with Gasteiger partial charge in [0.25, 0.3) is 0 Å². The lowest BCUT2D eigenvalue weighted by atomic mass is 9.98.